The van der Waals surface area contributed by atoms with Crippen molar-refractivity contribution in [3.63, 3.8) is 0 Å². The normalized spacial score (nSPS) is 10.0. The van der Waals surface area contributed by atoms with Crippen molar-refractivity contribution in [3.8, 4) is 12.3 Å². The van der Waals surface area contributed by atoms with Gasteiger partial charge in [0.05, 0.1) is 13.2 Å². The molecule has 0 spiro atoms. The highest BCUT2D eigenvalue weighted by Gasteiger charge is 2.02. The molecule has 1 aromatic rings. The van der Waals surface area contributed by atoms with Crippen LogP contribution in [0.4, 0.5) is 5.69 Å². The molecule has 0 aromatic heterocycles. The van der Waals surface area contributed by atoms with Crippen LogP contribution in [0.15, 0.2) is 24.3 Å². The number of benzene rings is 1. The van der Waals surface area contributed by atoms with E-state index in [1.807, 2.05) is 31.3 Å². The van der Waals surface area contributed by atoms with Crippen LogP contribution in [0.3, 0.4) is 0 Å². The predicted octanol–water partition coefficient (Wildman–Crippen LogP) is 1.73. The minimum absolute atomic E-state index is 0.185. The van der Waals surface area contributed by atoms with Gasteiger partial charge < -0.3 is 10.1 Å². The first-order chi connectivity index (χ1) is 9.15. The Morgan fingerprint density at radius 1 is 1.42 bits per heavy atom. The summed E-state index contributed by atoms with van der Waals surface area (Å²) in [7, 11) is 1.98. The van der Waals surface area contributed by atoms with E-state index in [1.165, 1.54) is 5.56 Å². The molecule has 0 radical (unpaired) electrons. The van der Waals surface area contributed by atoms with E-state index in [4.69, 9.17) is 11.2 Å². The molecule has 0 fully saturated rings. The molecule has 0 aliphatic rings. The SMILES string of the molecule is C#CCN(C)Cc1ccc(NCC(=O)OCC)cc1. The molecule has 4 heteroatoms. The number of nitrogens with zero attached hydrogens (tertiary/aromatic N) is 1. The van der Waals surface area contributed by atoms with Gasteiger partial charge in [-0.15, -0.1) is 6.42 Å². The number of rotatable bonds is 7. The molecule has 0 saturated heterocycles. The largest absolute Gasteiger partial charge is 0.465 e. The Hall–Kier alpha value is -1.99. The fourth-order valence-corrected chi connectivity index (χ4v) is 1.64. The second-order valence-corrected chi connectivity index (χ2v) is 4.23. The Morgan fingerprint density at radius 2 is 2.11 bits per heavy atom. The molecule has 1 N–H and O–H groups in total. The summed E-state index contributed by atoms with van der Waals surface area (Å²) in [4.78, 5) is 13.2. The van der Waals surface area contributed by atoms with Gasteiger partial charge in [0.1, 0.15) is 6.54 Å². The molecule has 0 atom stereocenters. The third-order valence-electron chi connectivity index (χ3n) is 2.51. The Morgan fingerprint density at radius 3 is 2.68 bits per heavy atom. The van der Waals surface area contributed by atoms with Crippen molar-refractivity contribution in [1.82, 2.24) is 4.90 Å². The van der Waals surface area contributed by atoms with Crippen molar-refractivity contribution in [1.29, 1.82) is 0 Å². The maximum atomic E-state index is 11.2. The monoisotopic (exact) mass is 260 g/mol. The highest BCUT2D eigenvalue weighted by molar-refractivity contribution is 5.74. The number of nitrogens with one attached hydrogen (secondary N) is 1. The minimum atomic E-state index is -0.250. The van der Waals surface area contributed by atoms with Gasteiger partial charge in [-0.1, -0.05) is 18.1 Å². The molecule has 0 bridgehead atoms. The van der Waals surface area contributed by atoms with Gasteiger partial charge in [0.15, 0.2) is 0 Å². The summed E-state index contributed by atoms with van der Waals surface area (Å²) >= 11 is 0. The number of esters is 1. The molecular weight excluding hydrogens is 240 g/mol. The smallest absolute Gasteiger partial charge is 0.325 e. The average molecular weight is 260 g/mol. The van der Waals surface area contributed by atoms with E-state index in [9.17, 15) is 4.79 Å². The number of terminal acetylenes is 1. The molecule has 102 valence electrons. The molecule has 0 amide bonds. The first-order valence-electron chi connectivity index (χ1n) is 6.26. The van der Waals surface area contributed by atoms with Crippen LogP contribution in [0, 0.1) is 12.3 Å². The fourth-order valence-electron chi connectivity index (χ4n) is 1.64. The Kier molecular flexibility index (Phi) is 6.48. The van der Waals surface area contributed by atoms with E-state index in [0.717, 1.165) is 12.2 Å². The second kappa shape index (κ2) is 8.17. The van der Waals surface area contributed by atoms with Crippen molar-refractivity contribution in [2.24, 2.45) is 0 Å². The second-order valence-electron chi connectivity index (χ2n) is 4.23. The van der Waals surface area contributed by atoms with Gasteiger partial charge in [0, 0.05) is 12.2 Å². The summed E-state index contributed by atoms with van der Waals surface area (Å²) in [6.07, 6.45) is 5.25. The molecule has 1 rings (SSSR count). The molecular formula is C15H20N2O2. The van der Waals surface area contributed by atoms with Gasteiger partial charge >= 0.3 is 5.97 Å². The van der Waals surface area contributed by atoms with Gasteiger partial charge in [0.2, 0.25) is 0 Å². The summed E-state index contributed by atoms with van der Waals surface area (Å²) in [6, 6.07) is 7.91. The number of anilines is 1. The maximum absolute atomic E-state index is 11.2. The summed E-state index contributed by atoms with van der Waals surface area (Å²) in [5, 5.41) is 3.01. The van der Waals surface area contributed by atoms with Crippen LogP contribution < -0.4 is 5.32 Å². The lowest BCUT2D eigenvalue weighted by Gasteiger charge is -2.13. The van der Waals surface area contributed by atoms with Crippen LogP contribution in [-0.4, -0.2) is 37.6 Å². The number of carbonyl (C=O) groups excluding carboxylic acids is 1. The third kappa shape index (κ3) is 5.94. The lowest BCUT2D eigenvalue weighted by Crippen LogP contribution is -2.18. The van der Waals surface area contributed by atoms with Crippen molar-refractivity contribution < 1.29 is 9.53 Å². The van der Waals surface area contributed by atoms with Crippen LogP contribution in [0.25, 0.3) is 0 Å². The lowest BCUT2D eigenvalue weighted by atomic mass is 10.2. The first-order valence-corrected chi connectivity index (χ1v) is 6.26. The number of hydrogen-bond acceptors (Lipinski definition) is 4. The molecule has 0 aliphatic carbocycles. The molecule has 0 aliphatic heterocycles. The molecule has 0 saturated carbocycles. The lowest BCUT2D eigenvalue weighted by molar-refractivity contribution is -0.140. The zero-order valence-corrected chi connectivity index (χ0v) is 11.5. The van der Waals surface area contributed by atoms with Crippen molar-refractivity contribution in [2.75, 3.05) is 32.1 Å². The van der Waals surface area contributed by atoms with E-state index in [-0.39, 0.29) is 12.5 Å². The van der Waals surface area contributed by atoms with Crippen LogP contribution in [0.5, 0.6) is 0 Å². The number of ether oxygens (including phenoxy) is 1. The third-order valence-corrected chi connectivity index (χ3v) is 2.51. The highest BCUT2D eigenvalue weighted by atomic mass is 16.5. The summed E-state index contributed by atoms with van der Waals surface area (Å²) in [6.45, 7) is 3.82. The van der Waals surface area contributed by atoms with Crippen molar-refractivity contribution in [3.05, 3.63) is 29.8 Å². The van der Waals surface area contributed by atoms with Crippen LogP contribution in [0.2, 0.25) is 0 Å². The summed E-state index contributed by atoms with van der Waals surface area (Å²) in [5.74, 6) is 2.36. The molecule has 0 heterocycles. The Labute approximate surface area is 114 Å². The van der Waals surface area contributed by atoms with Crippen LogP contribution in [0.1, 0.15) is 12.5 Å². The van der Waals surface area contributed by atoms with Gasteiger partial charge in [-0.3, -0.25) is 9.69 Å². The van der Waals surface area contributed by atoms with Gasteiger partial charge in [-0.2, -0.15) is 0 Å². The molecule has 1 aromatic carbocycles. The van der Waals surface area contributed by atoms with E-state index >= 15 is 0 Å². The average Bonchev–Trinajstić information content (AvgIpc) is 2.38. The van der Waals surface area contributed by atoms with Gasteiger partial charge in [0.25, 0.3) is 0 Å². The van der Waals surface area contributed by atoms with Crippen LogP contribution >= 0.6 is 0 Å². The minimum Gasteiger partial charge on any atom is -0.465 e. The Balaban J connectivity index is 2.43. The number of carbonyl (C=O) groups is 1. The van der Waals surface area contributed by atoms with Gasteiger partial charge in [-0.25, -0.2) is 0 Å². The molecule has 4 nitrogen and oxygen atoms in total. The van der Waals surface area contributed by atoms with Gasteiger partial charge in [-0.05, 0) is 31.7 Å². The maximum Gasteiger partial charge on any atom is 0.325 e. The molecule has 0 unspecified atom stereocenters. The van der Waals surface area contributed by atoms with Crippen LogP contribution in [-0.2, 0) is 16.1 Å². The van der Waals surface area contributed by atoms with Crippen molar-refractivity contribution >= 4 is 11.7 Å². The predicted molar refractivity (Wildman–Crippen MR) is 76.7 cm³/mol. The van der Waals surface area contributed by atoms with E-state index in [2.05, 4.69) is 16.1 Å². The standard InChI is InChI=1S/C15H20N2O2/c1-4-10-17(3)12-13-6-8-14(9-7-13)16-11-15(18)19-5-2/h1,6-9,16H,5,10-12H2,2-3H3. The topological polar surface area (TPSA) is 41.6 Å². The summed E-state index contributed by atoms with van der Waals surface area (Å²) < 4.78 is 4.84. The quantitative estimate of drug-likeness (QED) is 0.599. The van der Waals surface area contributed by atoms with E-state index in [0.29, 0.717) is 13.2 Å². The highest BCUT2D eigenvalue weighted by Crippen LogP contribution is 2.10. The first kappa shape index (κ1) is 15.1. The number of hydrogen-bond donors (Lipinski definition) is 1. The zero-order chi connectivity index (χ0) is 14.1. The zero-order valence-electron chi connectivity index (χ0n) is 11.5. The van der Waals surface area contributed by atoms with E-state index < -0.39 is 0 Å². The molecule has 19 heavy (non-hydrogen) atoms. The summed E-state index contributed by atoms with van der Waals surface area (Å²) in [5.41, 5.74) is 2.08. The fraction of sp³-hybridized carbons (Fsp3) is 0.400. The van der Waals surface area contributed by atoms with Crippen molar-refractivity contribution in [2.45, 2.75) is 13.5 Å². The van der Waals surface area contributed by atoms with E-state index in [1.54, 1.807) is 6.92 Å². The Bertz CT molecular complexity index is 434.